The molecule has 1 N–H and O–H groups in total. The monoisotopic (exact) mass is 248 g/mol. The maximum Gasteiger partial charge on any atom is 0.124 e. The van der Waals surface area contributed by atoms with E-state index in [1.165, 1.54) is 24.1 Å². The Kier molecular flexibility index (Phi) is 4.48. The average Bonchev–Trinajstić information content (AvgIpc) is 2.77. The number of fused-ring (bicyclic) bond motifs is 1. The van der Waals surface area contributed by atoms with Crippen LogP contribution in [-0.2, 0) is 0 Å². The third-order valence-corrected chi connectivity index (χ3v) is 3.81. The quantitative estimate of drug-likeness (QED) is 0.783. The van der Waals surface area contributed by atoms with E-state index in [2.05, 4.69) is 35.3 Å². The van der Waals surface area contributed by atoms with Gasteiger partial charge in [-0.3, -0.25) is 0 Å². The molecule has 0 amide bonds. The summed E-state index contributed by atoms with van der Waals surface area (Å²) >= 11 is 0. The zero-order chi connectivity index (χ0) is 13.0. The highest BCUT2D eigenvalue weighted by Gasteiger charge is 2.30. The van der Waals surface area contributed by atoms with Gasteiger partial charge in [0.25, 0.3) is 0 Å². The van der Waals surface area contributed by atoms with E-state index in [1.54, 1.807) is 7.11 Å². The van der Waals surface area contributed by atoms with E-state index < -0.39 is 0 Å². The number of likely N-dealkylation sites (N-methyl/N-ethyl adjacent to an activating group) is 1. The molecule has 1 aliphatic heterocycles. The van der Waals surface area contributed by atoms with E-state index in [9.17, 15) is 0 Å². The van der Waals surface area contributed by atoms with Gasteiger partial charge in [0.2, 0.25) is 0 Å². The lowest BCUT2D eigenvalue weighted by Gasteiger charge is -2.17. The fourth-order valence-corrected chi connectivity index (χ4v) is 2.91. The summed E-state index contributed by atoms with van der Waals surface area (Å²) in [5, 5.41) is 3.22. The lowest BCUT2D eigenvalue weighted by Crippen LogP contribution is -2.21. The van der Waals surface area contributed by atoms with Gasteiger partial charge >= 0.3 is 0 Å². The van der Waals surface area contributed by atoms with Crippen LogP contribution < -0.4 is 15.0 Å². The number of ether oxygens (including phenoxy) is 1. The van der Waals surface area contributed by atoms with Crippen LogP contribution in [0.5, 0.6) is 5.75 Å². The molecular weight excluding hydrogens is 224 g/mol. The fraction of sp³-hybridized carbons (Fsp3) is 0.600. The maximum absolute atomic E-state index is 5.54. The molecule has 1 heterocycles. The van der Waals surface area contributed by atoms with Gasteiger partial charge in [0.15, 0.2) is 0 Å². The van der Waals surface area contributed by atoms with Gasteiger partial charge in [-0.1, -0.05) is 6.07 Å². The number of nitrogens with one attached hydrogen (secondary N) is 1. The Hall–Kier alpha value is -1.22. The van der Waals surface area contributed by atoms with Crippen LogP contribution in [-0.4, -0.2) is 33.8 Å². The van der Waals surface area contributed by atoms with Crippen molar-refractivity contribution in [2.45, 2.75) is 25.7 Å². The second-order valence-corrected chi connectivity index (χ2v) is 4.87. The summed E-state index contributed by atoms with van der Waals surface area (Å²) in [6, 6.07) is 6.40. The molecule has 0 saturated carbocycles. The van der Waals surface area contributed by atoms with Crippen LogP contribution in [0.25, 0.3) is 0 Å². The first-order chi connectivity index (χ1) is 8.81. The number of hydrogen-bond donors (Lipinski definition) is 1. The minimum absolute atomic E-state index is 0.615. The molecule has 0 bridgehead atoms. The standard InChI is InChI=1S/C15H24N2O/c1-4-17-11-12(7-6-10-16-2)15-13(17)8-5-9-14(15)18-3/h5,8-9,12,16H,4,6-7,10-11H2,1-3H3. The van der Waals surface area contributed by atoms with E-state index in [-0.39, 0.29) is 0 Å². The van der Waals surface area contributed by atoms with Crippen LogP contribution in [0.2, 0.25) is 0 Å². The van der Waals surface area contributed by atoms with Gasteiger partial charge in [0, 0.05) is 30.3 Å². The van der Waals surface area contributed by atoms with E-state index in [0.717, 1.165) is 25.4 Å². The van der Waals surface area contributed by atoms with Gasteiger partial charge in [-0.05, 0) is 45.5 Å². The molecule has 0 radical (unpaired) electrons. The van der Waals surface area contributed by atoms with Crippen molar-refractivity contribution in [2.75, 3.05) is 38.7 Å². The predicted octanol–water partition coefficient (Wildman–Crippen LogP) is 2.62. The smallest absolute Gasteiger partial charge is 0.124 e. The number of anilines is 1. The maximum atomic E-state index is 5.54. The van der Waals surface area contributed by atoms with Gasteiger partial charge in [0.1, 0.15) is 5.75 Å². The molecule has 1 aliphatic rings. The van der Waals surface area contributed by atoms with Crippen LogP contribution in [0, 0.1) is 0 Å². The highest BCUT2D eigenvalue weighted by atomic mass is 16.5. The third kappa shape index (κ3) is 2.46. The van der Waals surface area contributed by atoms with Crippen LogP contribution in [0.1, 0.15) is 31.2 Å². The summed E-state index contributed by atoms with van der Waals surface area (Å²) in [7, 11) is 3.79. The summed E-state index contributed by atoms with van der Waals surface area (Å²) in [5.41, 5.74) is 2.78. The second-order valence-electron chi connectivity index (χ2n) is 4.87. The molecule has 1 aromatic carbocycles. The van der Waals surface area contributed by atoms with E-state index in [4.69, 9.17) is 4.74 Å². The lowest BCUT2D eigenvalue weighted by molar-refractivity contribution is 0.406. The first-order valence-electron chi connectivity index (χ1n) is 6.88. The predicted molar refractivity (Wildman–Crippen MR) is 76.8 cm³/mol. The normalized spacial score (nSPS) is 17.9. The molecule has 2 rings (SSSR count). The minimum Gasteiger partial charge on any atom is -0.496 e. The molecule has 0 aromatic heterocycles. The molecule has 0 spiro atoms. The Morgan fingerprint density at radius 2 is 2.28 bits per heavy atom. The summed E-state index contributed by atoms with van der Waals surface area (Å²) < 4.78 is 5.54. The van der Waals surface area contributed by atoms with Crippen molar-refractivity contribution >= 4 is 5.69 Å². The molecule has 1 aromatic rings. The Labute approximate surface area is 110 Å². The summed E-state index contributed by atoms with van der Waals surface area (Å²) in [5.74, 6) is 1.67. The molecule has 1 atom stereocenters. The average molecular weight is 248 g/mol. The first-order valence-corrected chi connectivity index (χ1v) is 6.88. The highest BCUT2D eigenvalue weighted by Crippen LogP contribution is 2.43. The molecule has 18 heavy (non-hydrogen) atoms. The number of methoxy groups -OCH3 is 1. The zero-order valence-corrected chi connectivity index (χ0v) is 11.7. The van der Waals surface area contributed by atoms with Crippen molar-refractivity contribution in [3.05, 3.63) is 23.8 Å². The Bertz CT molecular complexity index is 392. The molecular formula is C15H24N2O. The minimum atomic E-state index is 0.615. The van der Waals surface area contributed by atoms with Gasteiger partial charge in [-0.15, -0.1) is 0 Å². The second kappa shape index (κ2) is 6.10. The molecule has 0 aliphatic carbocycles. The third-order valence-electron chi connectivity index (χ3n) is 3.81. The Morgan fingerprint density at radius 3 is 2.94 bits per heavy atom. The molecule has 1 unspecified atom stereocenters. The SMILES string of the molecule is CCN1CC(CCCNC)c2c(OC)cccc21. The number of hydrogen-bond acceptors (Lipinski definition) is 3. The van der Waals surface area contributed by atoms with Crippen molar-refractivity contribution in [3.63, 3.8) is 0 Å². The van der Waals surface area contributed by atoms with Gasteiger partial charge in [0.05, 0.1) is 7.11 Å². The molecule has 3 nitrogen and oxygen atoms in total. The summed E-state index contributed by atoms with van der Waals surface area (Å²) in [6.45, 7) is 5.52. The zero-order valence-electron chi connectivity index (χ0n) is 11.7. The van der Waals surface area contributed by atoms with Gasteiger partial charge in [-0.25, -0.2) is 0 Å². The molecule has 100 valence electrons. The molecule has 3 heteroatoms. The lowest BCUT2D eigenvalue weighted by atomic mass is 9.95. The van der Waals surface area contributed by atoms with Crippen LogP contribution in [0.3, 0.4) is 0 Å². The topological polar surface area (TPSA) is 24.5 Å². The van der Waals surface area contributed by atoms with Crippen molar-refractivity contribution in [1.29, 1.82) is 0 Å². The molecule has 0 saturated heterocycles. The van der Waals surface area contributed by atoms with Crippen molar-refractivity contribution < 1.29 is 4.74 Å². The van der Waals surface area contributed by atoms with Gasteiger partial charge in [-0.2, -0.15) is 0 Å². The van der Waals surface area contributed by atoms with Gasteiger partial charge < -0.3 is 15.0 Å². The van der Waals surface area contributed by atoms with Crippen LogP contribution >= 0.6 is 0 Å². The van der Waals surface area contributed by atoms with E-state index in [1.807, 2.05) is 7.05 Å². The molecule has 0 fully saturated rings. The summed E-state index contributed by atoms with van der Waals surface area (Å²) in [4.78, 5) is 2.46. The van der Waals surface area contributed by atoms with E-state index in [0.29, 0.717) is 5.92 Å². The first kappa shape index (κ1) is 13.2. The van der Waals surface area contributed by atoms with Crippen molar-refractivity contribution in [3.8, 4) is 5.75 Å². The van der Waals surface area contributed by atoms with Crippen molar-refractivity contribution in [2.24, 2.45) is 0 Å². The van der Waals surface area contributed by atoms with Crippen LogP contribution in [0.15, 0.2) is 18.2 Å². The number of benzene rings is 1. The highest BCUT2D eigenvalue weighted by molar-refractivity contribution is 5.65. The number of rotatable bonds is 6. The number of nitrogens with zero attached hydrogens (tertiary/aromatic N) is 1. The van der Waals surface area contributed by atoms with Crippen molar-refractivity contribution in [1.82, 2.24) is 5.32 Å². The Balaban J connectivity index is 2.21. The Morgan fingerprint density at radius 1 is 1.44 bits per heavy atom. The van der Waals surface area contributed by atoms with E-state index >= 15 is 0 Å². The largest absolute Gasteiger partial charge is 0.496 e. The summed E-state index contributed by atoms with van der Waals surface area (Å²) in [6.07, 6.45) is 2.45. The fourth-order valence-electron chi connectivity index (χ4n) is 2.91. The van der Waals surface area contributed by atoms with Crippen LogP contribution in [0.4, 0.5) is 5.69 Å².